The normalized spacial score (nSPS) is 15.1. The van der Waals surface area contributed by atoms with Crippen LogP contribution in [0.15, 0.2) is 41.3 Å². The predicted octanol–water partition coefficient (Wildman–Crippen LogP) is 4.01. The molecule has 0 bridgehead atoms. The molecule has 0 saturated heterocycles. The van der Waals surface area contributed by atoms with Crippen molar-refractivity contribution in [2.75, 3.05) is 5.32 Å². The largest absolute Gasteiger partial charge is 0.463 e. The number of anilines is 1. The molecule has 30 heavy (non-hydrogen) atoms. The van der Waals surface area contributed by atoms with Crippen molar-refractivity contribution in [1.82, 2.24) is 19.9 Å². The quantitative estimate of drug-likeness (QED) is 0.614. The van der Waals surface area contributed by atoms with E-state index in [9.17, 15) is 9.59 Å². The molecule has 2 fully saturated rings. The molecule has 0 atom stereocenters. The van der Waals surface area contributed by atoms with E-state index in [-0.39, 0.29) is 23.0 Å². The number of furan rings is 1. The molecule has 0 unspecified atom stereocenters. The zero-order valence-electron chi connectivity index (χ0n) is 16.3. The van der Waals surface area contributed by atoms with Gasteiger partial charge in [-0.15, -0.1) is 0 Å². The average Bonchev–Trinajstić information content (AvgIpc) is 3.66. The minimum Gasteiger partial charge on any atom is -0.463 e. The highest BCUT2D eigenvalue weighted by molar-refractivity contribution is 6.64. The average molecular weight is 426 g/mol. The number of rotatable bonds is 5. The van der Waals surface area contributed by atoms with Gasteiger partial charge in [0.2, 0.25) is 11.1 Å². The van der Waals surface area contributed by atoms with Crippen molar-refractivity contribution < 1.29 is 14.0 Å². The van der Waals surface area contributed by atoms with Crippen LogP contribution in [0.2, 0.25) is 0 Å². The van der Waals surface area contributed by atoms with E-state index in [1.165, 1.54) is 0 Å². The summed E-state index contributed by atoms with van der Waals surface area (Å²) >= 11 is 5.04. The second-order valence-corrected chi connectivity index (χ2v) is 7.63. The van der Waals surface area contributed by atoms with Crippen LogP contribution < -0.4 is 5.32 Å². The van der Waals surface area contributed by atoms with Gasteiger partial charge in [-0.25, -0.2) is 19.9 Å². The molecule has 3 heterocycles. The fourth-order valence-corrected chi connectivity index (χ4v) is 2.91. The van der Waals surface area contributed by atoms with Crippen molar-refractivity contribution in [1.29, 1.82) is 0 Å². The lowest BCUT2D eigenvalue weighted by molar-refractivity contribution is -0.117. The van der Waals surface area contributed by atoms with Gasteiger partial charge in [0.05, 0.1) is 18.2 Å². The second kappa shape index (κ2) is 8.71. The van der Waals surface area contributed by atoms with Crippen LogP contribution in [0.25, 0.3) is 22.8 Å². The summed E-state index contributed by atoms with van der Waals surface area (Å²) in [4.78, 5) is 39.4. The van der Waals surface area contributed by atoms with E-state index in [0.717, 1.165) is 25.7 Å². The van der Waals surface area contributed by atoms with E-state index < -0.39 is 0 Å². The van der Waals surface area contributed by atoms with E-state index in [4.69, 9.17) is 16.0 Å². The highest BCUT2D eigenvalue weighted by Gasteiger charge is 2.30. The van der Waals surface area contributed by atoms with Crippen LogP contribution in [-0.2, 0) is 9.59 Å². The highest BCUT2D eigenvalue weighted by atomic mass is 35.5. The number of amides is 1. The molecule has 3 aromatic heterocycles. The number of hydrogen-bond acceptors (Lipinski definition) is 7. The molecule has 154 valence electrons. The van der Waals surface area contributed by atoms with Crippen LogP contribution in [0.5, 0.6) is 0 Å². The molecule has 2 aliphatic rings. The number of halogens is 1. The third-order valence-corrected chi connectivity index (χ3v) is 4.95. The summed E-state index contributed by atoms with van der Waals surface area (Å²) in [6.45, 7) is 1.81. The number of nitrogens with one attached hydrogen (secondary N) is 1. The van der Waals surface area contributed by atoms with Crippen LogP contribution in [0, 0.1) is 18.8 Å². The van der Waals surface area contributed by atoms with Gasteiger partial charge < -0.3 is 9.73 Å². The topological polar surface area (TPSA) is 111 Å². The first-order valence-corrected chi connectivity index (χ1v) is 10.1. The molecule has 0 radical (unpaired) electrons. The molecule has 2 aliphatic carbocycles. The zero-order valence-corrected chi connectivity index (χ0v) is 17.1. The number of carbonyl (C=O) groups is 2. The van der Waals surface area contributed by atoms with Gasteiger partial charge in [-0.05, 0) is 62.4 Å². The predicted molar refractivity (Wildman–Crippen MR) is 110 cm³/mol. The van der Waals surface area contributed by atoms with E-state index >= 15 is 0 Å². The monoisotopic (exact) mass is 425 g/mol. The first-order chi connectivity index (χ1) is 14.5. The Kier molecular flexibility index (Phi) is 5.85. The van der Waals surface area contributed by atoms with Gasteiger partial charge in [0.25, 0.3) is 0 Å². The van der Waals surface area contributed by atoms with Gasteiger partial charge in [0, 0.05) is 18.0 Å². The molecular weight excluding hydrogens is 406 g/mol. The number of aromatic nitrogens is 4. The maximum Gasteiger partial charge on any atom is 0.228 e. The Labute approximate surface area is 178 Å². The minimum atomic E-state index is -0.157. The van der Waals surface area contributed by atoms with Gasteiger partial charge in [-0.3, -0.25) is 9.59 Å². The van der Waals surface area contributed by atoms with Gasteiger partial charge in [-0.2, -0.15) is 0 Å². The van der Waals surface area contributed by atoms with Crippen LogP contribution in [-0.4, -0.2) is 31.1 Å². The van der Waals surface area contributed by atoms with Crippen LogP contribution in [0.3, 0.4) is 0 Å². The Balaban J connectivity index is 0.000000313. The molecule has 2 saturated carbocycles. The molecule has 5 rings (SSSR count). The van der Waals surface area contributed by atoms with Crippen molar-refractivity contribution >= 4 is 28.6 Å². The van der Waals surface area contributed by atoms with E-state index in [1.807, 2.05) is 6.92 Å². The van der Waals surface area contributed by atoms with Gasteiger partial charge in [0.1, 0.15) is 17.2 Å². The summed E-state index contributed by atoms with van der Waals surface area (Å²) < 4.78 is 5.47. The molecule has 0 aliphatic heterocycles. The van der Waals surface area contributed by atoms with Crippen molar-refractivity contribution in [3.05, 3.63) is 42.7 Å². The minimum absolute atomic E-state index is 0.0136. The second-order valence-electron chi connectivity index (χ2n) is 7.26. The zero-order chi connectivity index (χ0) is 21.1. The smallest absolute Gasteiger partial charge is 0.228 e. The van der Waals surface area contributed by atoms with E-state index in [0.29, 0.717) is 34.5 Å². The highest BCUT2D eigenvalue weighted by Crippen LogP contribution is 2.32. The van der Waals surface area contributed by atoms with Crippen LogP contribution >= 0.6 is 11.6 Å². The number of hydrogen-bond donors (Lipinski definition) is 1. The summed E-state index contributed by atoms with van der Waals surface area (Å²) in [6, 6.07) is 5.35. The Hall–Kier alpha value is -3.13. The molecule has 1 amide bonds. The Bertz CT molecular complexity index is 1060. The first kappa shape index (κ1) is 20.2. The van der Waals surface area contributed by atoms with Crippen molar-refractivity contribution in [2.24, 2.45) is 11.8 Å². The molecule has 1 N–H and O–H groups in total. The Morgan fingerprint density at radius 2 is 1.83 bits per heavy atom. The number of nitrogens with zero attached hydrogens (tertiary/aromatic N) is 4. The summed E-state index contributed by atoms with van der Waals surface area (Å²) in [5.74, 6) is 1.94. The number of carbonyl (C=O) groups excluding carboxylic acids is 2. The van der Waals surface area contributed by atoms with Gasteiger partial charge in [0.15, 0.2) is 11.6 Å². The van der Waals surface area contributed by atoms with Crippen LogP contribution in [0.1, 0.15) is 31.5 Å². The standard InChI is InChI=1S/C17H15N5O2.C4H5ClO/c1-10-18-7-6-12(20-10)15-16(13-3-2-8-24-13)21-14(9-19-15)22-17(23)11-4-5-11;5-4(6)3-1-2-3/h2-3,6-9,11H,4-5H2,1H3,(H,21,22,23);3H,1-2H2. The maximum absolute atomic E-state index is 11.9. The lowest BCUT2D eigenvalue weighted by Gasteiger charge is -2.09. The third-order valence-electron chi connectivity index (χ3n) is 4.64. The lowest BCUT2D eigenvalue weighted by atomic mass is 10.2. The Morgan fingerprint density at radius 1 is 1.07 bits per heavy atom. The van der Waals surface area contributed by atoms with E-state index in [1.54, 1.807) is 36.9 Å². The first-order valence-electron chi connectivity index (χ1n) is 9.72. The molecule has 0 aromatic carbocycles. The summed E-state index contributed by atoms with van der Waals surface area (Å²) in [5, 5.41) is 2.65. The van der Waals surface area contributed by atoms with Crippen molar-refractivity contribution in [2.45, 2.75) is 32.6 Å². The summed E-state index contributed by atoms with van der Waals surface area (Å²) in [5.41, 5.74) is 1.77. The molecule has 3 aromatic rings. The third kappa shape index (κ3) is 5.07. The van der Waals surface area contributed by atoms with Gasteiger partial charge in [-0.1, -0.05) is 0 Å². The summed E-state index contributed by atoms with van der Waals surface area (Å²) in [6.07, 6.45) is 8.69. The fraction of sp³-hybridized carbons (Fsp3) is 0.333. The SMILES string of the molecule is Cc1nccc(-c2ncc(NC(=O)C3CC3)nc2-c2ccco2)n1.O=C(Cl)C1CC1. The summed E-state index contributed by atoms with van der Waals surface area (Å²) in [7, 11) is 0. The van der Waals surface area contributed by atoms with Gasteiger partial charge >= 0.3 is 0 Å². The number of aryl methyl sites for hydroxylation is 1. The molecule has 8 nitrogen and oxygen atoms in total. The van der Waals surface area contributed by atoms with E-state index in [2.05, 4.69) is 25.3 Å². The van der Waals surface area contributed by atoms with Crippen molar-refractivity contribution in [3.63, 3.8) is 0 Å². The van der Waals surface area contributed by atoms with Crippen LogP contribution in [0.4, 0.5) is 5.82 Å². The Morgan fingerprint density at radius 3 is 2.40 bits per heavy atom. The lowest BCUT2D eigenvalue weighted by Crippen LogP contribution is -2.15. The fourth-order valence-electron chi connectivity index (χ4n) is 2.69. The maximum atomic E-state index is 11.9. The molecular formula is C21H20ClN5O3. The molecule has 9 heteroatoms. The molecule has 0 spiro atoms. The van der Waals surface area contributed by atoms with Crippen molar-refractivity contribution in [3.8, 4) is 22.8 Å².